The molecule has 18 heavy (non-hydrogen) atoms. The van der Waals surface area contributed by atoms with Crippen LogP contribution >= 0.6 is 23.8 Å². The molecule has 8 heteroatoms. The van der Waals surface area contributed by atoms with E-state index in [2.05, 4.69) is 20.1 Å². The Hall–Kier alpha value is -1.73. The number of hydrogen-bond acceptors (Lipinski definition) is 5. The number of hydrogen-bond donors (Lipinski definition) is 1. The molecule has 0 saturated carbocycles. The first-order chi connectivity index (χ1) is 8.74. The number of aromatic amines is 1. The molecule has 0 spiro atoms. The van der Waals surface area contributed by atoms with E-state index in [4.69, 9.17) is 28.3 Å². The summed E-state index contributed by atoms with van der Waals surface area (Å²) in [6.07, 6.45) is 3.57. The Morgan fingerprint density at radius 3 is 3.11 bits per heavy atom. The molecular formula is C10H8ClN5OS. The predicted octanol–water partition coefficient (Wildman–Crippen LogP) is 2.37. The number of fused-ring (bicyclic) bond motifs is 1. The van der Waals surface area contributed by atoms with E-state index in [9.17, 15) is 0 Å². The van der Waals surface area contributed by atoms with E-state index >= 15 is 0 Å². The quantitative estimate of drug-likeness (QED) is 0.746. The monoisotopic (exact) mass is 281 g/mol. The molecule has 0 aliphatic carbocycles. The summed E-state index contributed by atoms with van der Waals surface area (Å²) >= 11 is 11.1. The van der Waals surface area contributed by atoms with Crippen molar-refractivity contribution in [3.05, 3.63) is 34.3 Å². The Balaban J connectivity index is 1.96. The summed E-state index contributed by atoms with van der Waals surface area (Å²) in [5.74, 6) is 0.570. The van der Waals surface area contributed by atoms with Gasteiger partial charge >= 0.3 is 0 Å². The molecule has 0 saturated heterocycles. The lowest BCUT2D eigenvalue weighted by molar-refractivity contribution is 0.371. The lowest BCUT2D eigenvalue weighted by atomic mass is 10.4. The van der Waals surface area contributed by atoms with Crippen LogP contribution in [0.3, 0.4) is 0 Å². The van der Waals surface area contributed by atoms with Gasteiger partial charge in [0.1, 0.15) is 0 Å². The minimum absolute atomic E-state index is 0.570. The average Bonchev–Trinajstić information content (AvgIpc) is 2.93. The van der Waals surface area contributed by atoms with Crippen molar-refractivity contribution in [3.8, 4) is 0 Å². The number of nitrogens with one attached hydrogen (secondary N) is 1. The summed E-state index contributed by atoms with van der Waals surface area (Å²) in [5.41, 5.74) is 1.59. The third-order valence-corrected chi connectivity index (χ3v) is 3.06. The minimum Gasteiger partial charge on any atom is -0.340 e. The van der Waals surface area contributed by atoms with Crippen LogP contribution in [-0.4, -0.2) is 24.7 Å². The second kappa shape index (κ2) is 4.51. The van der Waals surface area contributed by atoms with Gasteiger partial charge in [-0.2, -0.15) is 4.98 Å². The average molecular weight is 282 g/mol. The summed E-state index contributed by atoms with van der Waals surface area (Å²) in [7, 11) is 0. The molecule has 3 heterocycles. The van der Waals surface area contributed by atoms with Crippen molar-refractivity contribution >= 4 is 35.0 Å². The lowest BCUT2D eigenvalue weighted by Crippen LogP contribution is -2.02. The number of pyridine rings is 1. The van der Waals surface area contributed by atoms with Crippen LogP contribution in [0.2, 0.25) is 5.02 Å². The van der Waals surface area contributed by atoms with Crippen LogP contribution in [0.4, 0.5) is 0 Å². The third kappa shape index (κ3) is 2.02. The Bertz CT molecular complexity index is 732. The van der Waals surface area contributed by atoms with Crippen LogP contribution in [0.1, 0.15) is 5.89 Å². The lowest BCUT2D eigenvalue weighted by Gasteiger charge is -2.00. The molecule has 0 amide bonds. The maximum atomic E-state index is 5.88. The second-order valence-electron chi connectivity index (χ2n) is 3.69. The van der Waals surface area contributed by atoms with Crippen molar-refractivity contribution in [3.63, 3.8) is 0 Å². The summed E-state index contributed by atoms with van der Waals surface area (Å²) in [6, 6.07) is 1.79. The van der Waals surface area contributed by atoms with Crippen molar-refractivity contribution in [2.45, 2.75) is 13.0 Å². The van der Waals surface area contributed by atoms with Gasteiger partial charge in [-0.25, -0.2) is 4.98 Å². The Morgan fingerprint density at radius 2 is 2.33 bits per heavy atom. The van der Waals surface area contributed by atoms with Gasteiger partial charge in [0.15, 0.2) is 16.7 Å². The van der Waals surface area contributed by atoms with E-state index in [0.29, 0.717) is 28.7 Å². The zero-order chi connectivity index (χ0) is 12.5. The fourth-order valence-electron chi connectivity index (χ4n) is 1.74. The fourth-order valence-corrected chi connectivity index (χ4v) is 2.18. The smallest absolute Gasteiger partial charge is 0.228 e. The number of H-pyrrole nitrogens is 1. The molecule has 0 atom stereocenters. The molecule has 0 unspecified atom stereocenters. The van der Waals surface area contributed by atoms with E-state index in [1.54, 1.807) is 12.3 Å². The van der Waals surface area contributed by atoms with Crippen molar-refractivity contribution in [1.82, 2.24) is 24.7 Å². The zero-order valence-electron chi connectivity index (χ0n) is 9.13. The molecule has 92 valence electrons. The highest BCUT2D eigenvalue weighted by atomic mass is 35.5. The number of aryl methyl sites for hydroxylation is 2. The van der Waals surface area contributed by atoms with Gasteiger partial charge in [-0.1, -0.05) is 16.8 Å². The van der Waals surface area contributed by atoms with Gasteiger partial charge in [-0.15, -0.1) is 0 Å². The van der Waals surface area contributed by atoms with Gasteiger partial charge in [-0.3, -0.25) is 0 Å². The van der Waals surface area contributed by atoms with E-state index < -0.39 is 0 Å². The van der Waals surface area contributed by atoms with E-state index in [0.717, 1.165) is 11.2 Å². The van der Waals surface area contributed by atoms with Crippen molar-refractivity contribution < 1.29 is 4.52 Å². The van der Waals surface area contributed by atoms with E-state index in [1.165, 1.54) is 6.33 Å². The van der Waals surface area contributed by atoms with Gasteiger partial charge < -0.3 is 14.1 Å². The van der Waals surface area contributed by atoms with Crippen LogP contribution in [-0.2, 0) is 13.0 Å². The predicted molar refractivity (Wildman–Crippen MR) is 67.9 cm³/mol. The summed E-state index contributed by atoms with van der Waals surface area (Å²) < 4.78 is 7.42. The van der Waals surface area contributed by atoms with Crippen LogP contribution in [0, 0.1) is 4.77 Å². The summed E-state index contributed by atoms with van der Waals surface area (Å²) in [5, 5.41) is 4.13. The summed E-state index contributed by atoms with van der Waals surface area (Å²) in [4.78, 5) is 11.3. The molecule has 0 aromatic carbocycles. The van der Waals surface area contributed by atoms with Gasteiger partial charge in [-0.05, 0) is 18.3 Å². The first-order valence-electron chi connectivity index (χ1n) is 5.23. The maximum Gasteiger partial charge on any atom is 0.228 e. The van der Waals surface area contributed by atoms with Crippen LogP contribution in [0.5, 0.6) is 0 Å². The molecule has 0 fully saturated rings. The first kappa shape index (κ1) is 11.4. The van der Waals surface area contributed by atoms with Gasteiger partial charge in [0, 0.05) is 19.2 Å². The van der Waals surface area contributed by atoms with Crippen molar-refractivity contribution in [2.24, 2.45) is 0 Å². The van der Waals surface area contributed by atoms with E-state index in [-0.39, 0.29) is 0 Å². The largest absolute Gasteiger partial charge is 0.340 e. The molecule has 0 aliphatic rings. The molecule has 3 aromatic rings. The number of rotatable bonds is 3. The molecule has 0 bridgehead atoms. The number of halogens is 1. The normalized spacial score (nSPS) is 11.2. The fraction of sp³-hybridized carbons (Fsp3) is 0.200. The standard InChI is InChI=1S/C10H8ClN5OS/c11-6-3-7-9(12-4-6)16(10(18)15-7)2-1-8-13-5-14-17-8/h3-5H,1-2H2,(H,15,18). The van der Waals surface area contributed by atoms with E-state index in [1.807, 2.05) is 4.57 Å². The first-order valence-corrected chi connectivity index (χ1v) is 6.02. The van der Waals surface area contributed by atoms with Crippen LogP contribution in [0.25, 0.3) is 11.2 Å². The minimum atomic E-state index is 0.570. The Labute approximate surface area is 112 Å². The SMILES string of the molecule is S=c1[nH]c2cc(Cl)cnc2n1CCc1ncno1. The summed E-state index contributed by atoms with van der Waals surface area (Å²) in [6.45, 7) is 0.621. The van der Waals surface area contributed by atoms with Gasteiger partial charge in [0.2, 0.25) is 5.89 Å². The third-order valence-electron chi connectivity index (χ3n) is 2.53. The molecular weight excluding hydrogens is 274 g/mol. The van der Waals surface area contributed by atoms with Crippen molar-refractivity contribution in [2.75, 3.05) is 0 Å². The second-order valence-corrected chi connectivity index (χ2v) is 4.51. The molecule has 3 rings (SSSR count). The molecule has 3 aromatic heterocycles. The van der Waals surface area contributed by atoms with Crippen LogP contribution < -0.4 is 0 Å². The Kier molecular flexibility index (Phi) is 2.85. The van der Waals surface area contributed by atoms with Gasteiger partial charge in [0.25, 0.3) is 0 Å². The number of nitrogens with zero attached hydrogens (tertiary/aromatic N) is 4. The maximum absolute atomic E-state index is 5.88. The molecule has 1 N–H and O–H groups in total. The van der Waals surface area contributed by atoms with Crippen molar-refractivity contribution in [1.29, 1.82) is 0 Å². The molecule has 6 nitrogen and oxygen atoms in total. The zero-order valence-corrected chi connectivity index (χ0v) is 10.7. The number of aromatic nitrogens is 5. The highest BCUT2D eigenvalue weighted by Gasteiger charge is 2.08. The van der Waals surface area contributed by atoms with Crippen LogP contribution in [0.15, 0.2) is 23.1 Å². The number of imidazole rings is 1. The van der Waals surface area contributed by atoms with Gasteiger partial charge in [0.05, 0.1) is 10.5 Å². The highest BCUT2D eigenvalue weighted by molar-refractivity contribution is 7.71. The molecule has 0 radical (unpaired) electrons. The topological polar surface area (TPSA) is 72.5 Å². The Morgan fingerprint density at radius 1 is 1.44 bits per heavy atom. The molecule has 0 aliphatic heterocycles. The highest BCUT2D eigenvalue weighted by Crippen LogP contribution is 2.16.